The number of rotatable bonds is 2. The Balaban J connectivity index is 4.36. The molecule has 0 saturated heterocycles. The maximum atomic E-state index is 12.1. The highest BCUT2D eigenvalue weighted by Gasteiger charge is 2.33. The van der Waals surface area contributed by atoms with Crippen LogP contribution in [0.25, 0.3) is 0 Å². The molecule has 6 heteroatoms. The van der Waals surface area contributed by atoms with Crippen LogP contribution >= 0.6 is 0 Å². The lowest BCUT2D eigenvalue weighted by Gasteiger charge is -2.28. The van der Waals surface area contributed by atoms with Gasteiger partial charge in [-0.2, -0.15) is 13.2 Å². The molecule has 0 aliphatic heterocycles. The van der Waals surface area contributed by atoms with Crippen LogP contribution in [-0.2, 0) is 0 Å². The zero-order valence-electron chi connectivity index (χ0n) is 9.40. The third-order valence-corrected chi connectivity index (χ3v) is 1.52. The molecule has 0 spiro atoms. The predicted octanol–water partition coefficient (Wildman–Crippen LogP) is 2.38. The minimum Gasteiger partial charge on any atom is -0.333 e. The summed E-state index contributed by atoms with van der Waals surface area (Å²) in [6.45, 7) is 5.46. The second-order valence-corrected chi connectivity index (χ2v) is 4.31. The number of amides is 2. The molecule has 3 nitrogen and oxygen atoms in total. The van der Waals surface area contributed by atoms with Gasteiger partial charge < -0.3 is 10.2 Å². The van der Waals surface area contributed by atoms with Gasteiger partial charge in [0.15, 0.2) is 0 Å². The zero-order chi connectivity index (χ0) is 12.3. The third kappa shape index (κ3) is 7.04. The van der Waals surface area contributed by atoms with Gasteiger partial charge in [0.2, 0.25) is 0 Å². The van der Waals surface area contributed by atoms with Crippen molar-refractivity contribution in [2.24, 2.45) is 0 Å². The van der Waals surface area contributed by atoms with E-state index >= 15 is 0 Å². The molecule has 1 N–H and O–H groups in total. The smallest absolute Gasteiger partial charge is 0.333 e. The van der Waals surface area contributed by atoms with Crippen LogP contribution in [0.5, 0.6) is 0 Å². The van der Waals surface area contributed by atoms with Crippen LogP contribution in [0.15, 0.2) is 0 Å². The third-order valence-electron chi connectivity index (χ3n) is 1.52. The summed E-state index contributed by atoms with van der Waals surface area (Å²) in [6, 6.07) is -0.692. The molecule has 0 saturated carbocycles. The van der Waals surface area contributed by atoms with Gasteiger partial charge in [-0.05, 0) is 27.7 Å². The van der Waals surface area contributed by atoms with Crippen molar-refractivity contribution in [2.75, 3.05) is 13.1 Å². The fourth-order valence-corrected chi connectivity index (χ4v) is 0.943. The van der Waals surface area contributed by atoms with Crippen LogP contribution in [0.4, 0.5) is 18.0 Å². The molecule has 0 aromatic carbocycles. The highest BCUT2D eigenvalue weighted by molar-refractivity contribution is 5.74. The van der Waals surface area contributed by atoms with Crippen molar-refractivity contribution in [1.29, 1.82) is 0 Å². The molecular weight excluding hydrogens is 209 g/mol. The number of halogens is 3. The summed E-state index contributed by atoms with van der Waals surface area (Å²) in [5.74, 6) is 0. The maximum Gasteiger partial charge on any atom is 0.406 e. The first-order chi connectivity index (χ1) is 6.55. The van der Waals surface area contributed by atoms with Crippen molar-refractivity contribution in [3.63, 3.8) is 0 Å². The molecular formula is C9H17F3N2O. The quantitative estimate of drug-likeness (QED) is 0.770. The monoisotopic (exact) mass is 226 g/mol. The van der Waals surface area contributed by atoms with Crippen LogP contribution in [0.3, 0.4) is 0 Å². The molecule has 0 radical (unpaired) electrons. The molecule has 0 heterocycles. The molecule has 0 rings (SSSR count). The van der Waals surface area contributed by atoms with Crippen LogP contribution in [-0.4, -0.2) is 35.7 Å². The Morgan fingerprint density at radius 1 is 1.27 bits per heavy atom. The first-order valence-corrected chi connectivity index (χ1v) is 4.69. The largest absolute Gasteiger partial charge is 0.406 e. The Morgan fingerprint density at radius 3 is 2.00 bits per heavy atom. The molecule has 0 fully saturated rings. The van der Waals surface area contributed by atoms with E-state index in [1.165, 1.54) is 6.92 Å². The van der Waals surface area contributed by atoms with Gasteiger partial charge in [0, 0.05) is 12.1 Å². The number of nitrogens with one attached hydrogen (secondary N) is 1. The molecule has 0 aromatic heterocycles. The Morgan fingerprint density at radius 2 is 1.73 bits per heavy atom. The summed E-state index contributed by atoms with van der Waals surface area (Å²) in [5, 5.41) is 2.48. The molecule has 0 aromatic rings. The number of hydrogen-bond donors (Lipinski definition) is 1. The van der Waals surface area contributed by atoms with Crippen LogP contribution in [0.1, 0.15) is 27.7 Å². The predicted molar refractivity (Wildman–Crippen MR) is 51.6 cm³/mol. The molecule has 0 unspecified atom stereocenters. The minimum absolute atomic E-state index is 0.0292. The lowest BCUT2D eigenvalue weighted by molar-refractivity contribution is -0.139. The van der Waals surface area contributed by atoms with Gasteiger partial charge in [-0.3, -0.25) is 0 Å². The Labute approximate surface area is 87.6 Å². The van der Waals surface area contributed by atoms with Crippen molar-refractivity contribution in [3.8, 4) is 0 Å². The fourth-order valence-electron chi connectivity index (χ4n) is 0.943. The van der Waals surface area contributed by atoms with Crippen LogP contribution in [0.2, 0.25) is 0 Å². The Kier molecular flexibility index (Phi) is 4.42. The normalized spacial score (nSPS) is 12.5. The summed E-state index contributed by atoms with van der Waals surface area (Å²) in [7, 11) is 0. The lowest BCUT2D eigenvalue weighted by atomic mass is 10.1. The molecule has 15 heavy (non-hydrogen) atoms. The summed E-state index contributed by atoms with van der Waals surface area (Å²) in [4.78, 5) is 12.1. The summed E-state index contributed by atoms with van der Waals surface area (Å²) in [5.41, 5.74) is -0.532. The molecule has 0 aliphatic rings. The molecule has 0 atom stereocenters. The van der Waals surface area contributed by atoms with Gasteiger partial charge in [0.25, 0.3) is 0 Å². The van der Waals surface area contributed by atoms with E-state index in [-0.39, 0.29) is 6.54 Å². The standard InChI is InChI=1S/C9H17F3N2O/c1-5-14(6-9(10,11)12)7(15)13-8(2,3)4/h5-6H2,1-4H3,(H,13,15). The number of carbonyl (C=O) groups excluding carboxylic acids is 1. The van der Waals surface area contributed by atoms with Crippen molar-refractivity contribution in [1.82, 2.24) is 10.2 Å². The van der Waals surface area contributed by atoms with Gasteiger partial charge in [-0.1, -0.05) is 0 Å². The molecule has 2 amide bonds. The van der Waals surface area contributed by atoms with Gasteiger partial charge >= 0.3 is 12.2 Å². The lowest BCUT2D eigenvalue weighted by Crippen LogP contribution is -2.50. The number of nitrogens with zero attached hydrogens (tertiary/aromatic N) is 1. The van der Waals surface area contributed by atoms with E-state index in [0.29, 0.717) is 0 Å². The summed E-state index contributed by atoms with van der Waals surface area (Å²) >= 11 is 0. The first kappa shape index (κ1) is 14.1. The maximum absolute atomic E-state index is 12.1. The van der Waals surface area contributed by atoms with Gasteiger partial charge in [-0.15, -0.1) is 0 Å². The number of carbonyl (C=O) groups is 1. The van der Waals surface area contributed by atoms with Gasteiger partial charge in [0.1, 0.15) is 6.54 Å². The van der Waals surface area contributed by atoms with E-state index in [1.807, 2.05) is 0 Å². The summed E-state index contributed by atoms with van der Waals surface area (Å²) < 4.78 is 36.2. The van der Waals surface area contributed by atoms with E-state index in [9.17, 15) is 18.0 Å². The van der Waals surface area contributed by atoms with E-state index in [4.69, 9.17) is 0 Å². The average Bonchev–Trinajstić information content (AvgIpc) is 1.94. The average molecular weight is 226 g/mol. The second kappa shape index (κ2) is 4.72. The molecule has 90 valence electrons. The Bertz CT molecular complexity index is 220. The van der Waals surface area contributed by atoms with Gasteiger partial charge in [0.05, 0.1) is 0 Å². The van der Waals surface area contributed by atoms with Crippen molar-refractivity contribution in [2.45, 2.75) is 39.4 Å². The Hall–Kier alpha value is -0.940. The number of alkyl halides is 3. The highest BCUT2D eigenvalue weighted by atomic mass is 19.4. The van der Waals surface area contributed by atoms with Gasteiger partial charge in [-0.25, -0.2) is 4.79 Å². The van der Waals surface area contributed by atoms with Crippen molar-refractivity contribution in [3.05, 3.63) is 0 Å². The molecule has 0 aliphatic carbocycles. The topological polar surface area (TPSA) is 32.3 Å². The van der Waals surface area contributed by atoms with Crippen LogP contribution in [0, 0.1) is 0 Å². The van der Waals surface area contributed by atoms with E-state index in [2.05, 4.69) is 5.32 Å². The fraction of sp³-hybridized carbons (Fsp3) is 0.889. The minimum atomic E-state index is -4.36. The number of hydrogen-bond acceptors (Lipinski definition) is 1. The van der Waals surface area contributed by atoms with E-state index < -0.39 is 24.3 Å². The van der Waals surface area contributed by atoms with Crippen LogP contribution < -0.4 is 5.32 Å². The number of urea groups is 1. The van der Waals surface area contributed by atoms with Crippen molar-refractivity contribution < 1.29 is 18.0 Å². The zero-order valence-corrected chi connectivity index (χ0v) is 9.40. The summed E-state index contributed by atoms with van der Waals surface area (Å²) in [6.07, 6.45) is -4.36. The second-order valence-electron chi connectivity index (χ2n) is 4.31. The first-order valence-electron chi connectivity index (χ1n) is 4.69. The van der Waals surface area contributed by atoms with E-state index in [1.54, 1.807) is 20.8 Å². The SMILES string of the molecule is CCN(CC(F)(F)F)C(=O)NC(C)(C)C. The highest BCUT2D eigenvalue weighted by Crippen LogP contribution is 2.16. The molecule has 0 bridgehead atoms. The van der Waals surface area contributed by atoms with E-state index in [0.717, 1.165) is 4.90 Å². The van der Waals surface area contributed by atoms with Crippen molar-refractivity contribution >= 4 is 6.03 Å².